The Morgan fingerprint density at radius 2 is 1.97 bits per heavy atom. The van der Waals surface area contributed by atoms with Crippen molar-refractivity contribution in [3.8, 4) is 5.75 Å². The maximum absolute atomic E-state index is 12.6. The Bertz CT molecular complexity index is 1030. The summed E-state index contributed by atoms with van der Waals surface area (Å²) in [7, 11) is 1.52. The van der Waals surface area contributed by atoms with E-state index in [0.717, 1.165) is 17.2 Å². The number of ether oxygens (including phenoxy) is 1. The lowest BCUT2D eigenvalue weighted by Gasteiger charge is -2.20. The van der Waals surface area contributed by atoms with Crippen molar-refractivity contribution in [3.05, 3.63) is 68.8 Å². The topological polar surface area (TPSA) is 119 Å². The number of nitrogens with zero attached hydrogens (tertiary/aromatic N) is 2. The molecule has 1 N–H and O–H groups in total. The van der Waals surface area contributed by atoms with E-state index in [-0.39, 0.29) is 11.1 Å². The molecule has 2 aromatic carbocycles. The summed E-state index contributed by atoms with van der Waals surface area (Å²) in [5.41, 5.74) is 0.907. The lowest BCUT2D eigenvalue weighted by atomic mass is 10.0. The van der Waals surface area contributed by atoms with Crippen LogP contribution in [0.4, 0.5) is 5.69 Å². The number of nitrogens with one attached hydrogen (secondary N) is 1. The van der Waals surface area contributed by atoms with Gasteiger partial charge in [0, 0.05) is 11.6 Å². The van der Waals surface area contributed by atoms with Crippen molar-refractivity contribution in [2.24, 2.45) is 0 Å². The van der Waals surface area contributed by atoms with Gasteiger partial charge in [0.05, 0.1) is 23.6 Å². The van der Waals surface area contributed by atoms with Crippen LogP contribution >= 0.6 is 0 Å². The second-order valence-electron chi connectivity index (χ2n) is 6.69. The van der Waals surface area contributed by atoms with Gasteiger partial charge in [-0.2, -0.15) is 0 Å². The third-order valence-corrected chi connectivity index (χ3v) is 4.70. The van der Waals surface area contributed by atoms with Crippen LogP contribution in [0.3, 0.4) is 0 Å². The highest BCUT2D eigenvalue weighted by molar-refractivity contribution is 6.24. The van der Waals surface area contributed by atoms with Gasteiger partial charge in [-0.25, -0.2) is 0 Å². The first-order valence-corrected chi connectivity index (χ1v) is 8.82. The van der Waals surface area contributed by atoms with Crippen molar-refractivity contribution < 1.29 is 24.0 Å². The number of nitro groups is 1. The molecule has 0 saturated carbocycles. The minimum absolute atomic E-state index is 0.0783. The van der Waals surface area contributed by atoms with E-state index in [1.54, 1.807) is 13.0 Å². The molecule has 1 atom stereocenters. The van der Waals surface area contributed by atoms with Crippen molar-refractivity contribution >= 4 is 23.4 Å². The van der Waals surface area contributed by atoms with E-state index in [4.69, 9.17) is 4.74 Å². The fraction of sp³-hybridized carbons (Fsp3) is 0.250. The number of carbonyl (C=O) groups excluding carboxylic acids is 3. The number of aryl methyl sites for hydroxylation is 1. The SMILES string of the molecule is COc1ccc(C)cc1[C@H](C)NC(=O)CN1C(=O)c2cccc([N+](=O)[O-])c2C1=O. The Balaban J connectivity index is 1.77. The summed E-state index contributed by atoms with van der Waals surface area (Å²) in [5, 5.41) is 13.9. The molecule has 1 heterocycles. The van der Waals surface area contributed by atoms with Gasteiger partial charge in [0.1, 0.15) is 17.9 Å². The summed E-state index contributed by atoms with van der Waals surface area (Å²) in [6.45, 7) is 3.12. The molecule has 0 aromatic heterocycles. The highest BCUT2D eigenvalue weighted by Gasteiger charge is 2.41. The molecule has 0 bridgehead atoms. The molecule has 29 heavy (non-hydrogen) atoms. The summed E-state index contributed by atoms with van der Waals surface area (Å²) in [6, 6.07) is 8.91. The molecule has 9 nitrogen and oxygen atoms in total. The second-order valence-corrected chi connectivity index (χ2v) is 6.69. The second kappa shape index (κ2) is 7.70. The van der Waals surface area contributed by atoms with E-state index in [9.17, 15) is 24.5 Å². The predicted molar refractivity (Wildman–Crippen MR) is 103 cm³/mol. The predicted octanol–water partition coefficient (Wildman–Crippen LogP) is 2.39. The Morgan fingerprint density at radius 3 is 2.62 bits per heavy atom. The molecular formula is C20H19N3O6. The first-order chi connectivity index (χ1) is 13.7. The Kier molecular flexibility index (Phi) is 5.31. The van der Waals surface area contributed by atoms with Crippen LogP contribution in [0.5, 0.6) is 5.75 Å². The lowest BCUT2D eigenvalue weighted by molar-refractivity contribution is -0.385. The van der Waals surface area contributed by atoms with Gasteiger partial charge >= 0.3 is 0 Å². The number of imide groups is 1. The number of fused-ring (bicyclic) bond motifs is 1. The summed E-state index contributed by atoms with van der Waals surface area (Å²) in [5.74, 6) is -1.56. The van der Waals surface area contributed by atoms with E-state index < -0.39 is 40.9 Å². The van der Waals surface area contributed by atoms with Gasteiger partial charge < -0.3 is 10.1 Å². The van der Waals surface area contributed by atoms with E-state index in [1.807, 2.05) is 19.1 Å². The summed E-state index contributed by atoms with van der Waals surface area (Å²) >= 11 is 0. The van der Waals surface area contributed by atoms with Crippen LogP contribution in [0.2, 0.25) is 0 Å². The normalized spacial score (nSPS) is 13.8. The van der Waals surface area contributed by atoms with Crippen molar-refractivity contribution in [2.75, 3.05) is 13.7 Å². The van der Waals surface area contributed by atoms with E-state index >= 15 is 0 Å². The number of hydrogen-bond donors (Lipinski definition) is 1. The van der Waals surface area contributed by atoms with Crippen LogP contribution in [-0.4, -0.2) is 41.2 Å². The van der Waals surface area contributed by atoms with Crippen molar-refractivity contribution in [3.63, 3.8) is 0 Å². The van der Waals surface area contributed by atoms with E-state index in [1.165, 1.54) is 19.2 Å². The molecule has 0 fully saturated rings. The molecule has 1 aliphatic rings. The Hall–Kier alpha value is -3.75. The fourth-order valence-electron chi connectivity index (χ4n) is 3.31. The molecule has 3 amide bonds. The highest BCUT2D eigenvalue weighted by Crippen LogP contribution is 2.31. The minimum atomic E-state index is -0.853. The standard InChI is InChI=1S/C20H19N3O6/c1-11-7-8-16(29-3)14(9-11)12(2)21-17(24)10-22-19(25)13-5-4-6-15(23(27)28)18(13)20(22)26/h4-9,12H,10H2,1-3H3,(H,21,24)/t12-/m0/s1. The molecule has 9 heteroatoms. The number of benzene rings is 2. The first kappa shape index (κ1) is 20.0. The third-order valence-electron chi connectivity index (χ3n) is 4.70. The van der Waals surface area contributed by atoms with Gasteiger partial charge in [0.25, 0.3) is 17.5 Å². The largest absolute Gasteiger partial charge is 0.496 e. The smallest absolute Gasteiger partial charge is 0.282 e. The van der Waals surface area contributed by atoms with Gasteiger partial charge in [-0.3, -0.25) is 29.4 Å². The zero-order valence-electron chi connectivity index (χ0n) is 16.1. The van der Waals surface area contributed by atoms with Crippen molar-refractivity contribution in [1.29, 1.82) is 0 Å². The van der Waals surface area contributed by atoms with Crippen LogP contribution in [-0.2, 0) is 4.79 Å². The average Bonchev–Trinajstić information content (AvgIpc) is 2.92. The highest BCUT2D eigenvalue weighted by atomic mass is 16.6. The summed E-state index contributed by atoms with van der Waals surface area (Å²) < 4.78 is 5.31. The maximum atomic E-state index is 12.6. The molecule has 0 aliphatic carbocycles. The molecule has 1 aliphatic heterocycles. The Labute approximate surface area is 166 Å². The Morgan fingerprint density at radius 1 is 1.24 bits per heavy atom. The zero-order valence-corrected chi connectivity index (χ0v) is 16.1. The molecule has 150 valence electrons. The number of hydrogen-bond acceptors (Lipinski definition) is 6. The molecule has 0 radical (unpaired) electrons. The number of carbonyl (C=O) groups is 3. The quantitative estimate of drug-likeness (QED) is 0.454. The number of nitro benzene ring substituents is 1. The van der Waals surface area contributed by atoms with Crippen LogP contribution in [0, 0.1) is 17.0 Å². The number of rotatable bonds is 6. The summed E-state index contributed by atoms with van der Waals surface area (Å²) in [4.78, 5) is 48.7. The van der Waals surface area contributed by atoms with Gasteiger partial charge in [0.2, 0.25) is 5.91 Å². The molecule has 2 aromatic rings. The molecular weight excluding hydrogens is 378 g/mol. The number of amides is 3. The zero-order chi connectivity index (χ0) is 21.3. The molecule has 0 unspecified atom stereocenters. The fourth-order valence-corrected chi connectivity index (χ4v) is 3.31. The van der Waals surface area contributed by atoms with Crippen LogP contribution < -0.4 is 10.1 Å². The maximum Gasteiger partial charge on any atom is 0.282 e. The van der Waals surface area contributed by atoms with Gasteiger partial charge in [-0.05, 0) is 26.0 Å². The molecule has 3 rings (SSSR count). The van der Waals surface area contributed by atoms with Gasteiger partial charge in [-0.1, -0.05) is 23.8 Å². The van der Waals surface area contributed by atoms with E-state index in [0.29, 0.717) is 10.6 Å². The molecule has 0 spiro atoms. The van der Waals surface area contributed by atoms with Crippen LogP contribution in [0.25, 0.3) is 0 Å². The lowest BCUT2D eigenvalue weighted by Crippen LogP contribution is -2.41. The first-order valence-electron chi connectivity index (χ1n) is 8.82. The third kappa shape index (κ3) is 3.66. The number of methoxy groups -OCH3 is 1. The van der Waals surface area contributed by atoms with Crippen molar-refractivity contribution in [1.82, 2.24) is 10.2 Å². The summed E-state index contributed by atoms with van der Waals surface area (Å²) in [6.07, 6.45) is 0. The van der Waals surface area contributed by atoms with E-state index in [2.05, 4.69) is 5.32 Å². The van der Waals surface area contributed by atoms with Gasteiger partial charge in [-0.15, -0.1) is 0 Å². The van der Waals surface area contributed by atoms with Gasteiger partial charge in [0.15, 0.2) is 0 Å². The van der Waals surface area contributed by atoms with Crippen LogP contribution in [0.1, 0.15) is 44.8 Å². The molecule has 0 saturated heterocycles. The minimum Gasteiger partial charge on any atom is -0.496 e. The monoisotopic (exact) mass is 397 g/mol. The van der Waals surface area contributed by atoms with Crippen molar-refractivity contribution in [2.45, 2.75) is 19.9 Å². The van der Waals surface area contributed by atoms with Crippen LogP contribution in [0.15, 0.2) is 36.4 Å². The average molecular weight is 397 g/mol.